The van der Waals surface area contributed by atoms with Crippen LogP contribution in [0.1, 0.15) is 43.0 Å². The molecule has 0 aliphatic carbocycles. The minimum absolute atomic E-state index is 0.0836. The Morgan fingerprint density at radius 3 is 2.71 bits per heavy atom. The van der Waals surface area contributed by atoms with Crippen LogP contribution in [0, 0.1) is 0 Å². The summed E-state index contributed by atoms with van der Waals surface area (Å²) in [6.07, 6.45) is 1.64. The van der Waals surface area contributed by atoms with Crippen molar-refractivity contribution in [1.82, 2.24) is 9.80 Å². The molecule has 7 nitrogen and oxygen atoms in total. The first-order valence-corrected chi connectivity index (χ1v) is 11.7. The summed E-state index contributed by atoms with van der Waals surface area (Å²) < 4.78 is 11.7. The third-order valence-electron chi connectivity index (χ3n) is 6.09. The van der Waals surface area contributed by atoms with Gasteiger partial charge in [-0.3, -0.25) is 9.59 Å². The summed E-state index contributed by atoms with van der Waals surface area (Å²) in [6, 6.07) is 12.0. The zero-order valence-electron chi connectivity index (χ0n) is 20.2. The van der Waals surface area contributed by atoms with Crippen molar-refractivity contribution in [3.05, 3.63) is 64.7 Å². The number of aliphatic hydroxyl groups excluding tert-OH is 1. The van der Waals surface area contributed by atoms with Crippen molar-refractivity contribution < 1.29 is 24.2 Å². The number of amides is 1. The molecule has 0 saturated carbocycles. The summed E-state index contributed by atoms with van der Waals surface area (Å²) in [5.41, 5.74) is 2.25. The number of likely N-dealkylation sites (tertiary alicyclic amines) is 1. The zero-order valence-corrected chi connectivity index (χ0v) is 20.2. The first-order chi connectivity index (χ1) is 16.3. The van der Waals surface area contributed by atoms with Crippen LogP contribution in [0.2, 0.25) is 0 Å². The van der Waals surface area contributed by atoms with E-state index >= 15 is 0 Å². The Morgan fingerprint density at radius 2 is 1.97 bits per heavy atom. The molecule has 2 aliphatic rings. The van der Waals surface area contributed by atoms with Gasteiger partial charge in [0.15, 0.2) is 0 Å². The maximum absolute atomic E-state index is 13.3. The summed E-state index contributed by atoms with van der Waals surface area (Å²) >= 11 is 0. The third kappa shape index (κ3) is 4.66. The summed E-state index contributed by atoms with van der Waals surface area (Å²) in [4.78, 5) is 30.0. The van der Waals surface area contributed by atoms with Gasteiger partial charge in [0.2, 0.25) is 0 Å². The lowest BCUT2D eigenvalue weighted by Crippen LogP contribution is -2.35. The van der Waals surface area contributed by atoms with Gasteiger partial charge in [-0.05, 0) is 70.6 Å². The number of hydrogen-bond donors (Lipinski definition) is 1. The average Bonchev–Trinajstić information content (AvgIpc) is 3.06. The van der Waals surface area contributed by atoms with Gasteiger partial charge in [-0.25, -0.2) is 0 Å². The van der Waals surface area contributed by atoms with Crippen LogP contribution in [0.5, 0.6) is 11.5 Å². The smallest absolute Gasteiger partial charge is 0.295 e. The molecule has 2 aromatic carbocycles. The van der Waals surface area contributed by atoms with E-state index < -0.39 is 17.7 Å². The van der Waals surface area contributed by atoms with E-state index in [1.54, 1.807) is 6.07 Å². The lowest BCUT2D eigenvalue weighted by Gasteiger charge is -2.28. The SMILES string of the molecule is CC(C)Oc1ccccc1C1/C(=C(\O)c2ccc3c(c2)CCCO3)C(=O)C(=O)N1CCN(C)C. The molecule has 0 radical (unpaired) electrons. The fourth-order valence-electron chi connectivity index (χ4n) is 4.47. The number of aliphatic hydroxyl groups is 1. The Hall–Kier alpha value is -3.32. The van der Waals surface area contributed by atoms with Crippen molar-refractivity contribution in [2.24, 2.45) is 0 Å². The number of carbonyl (C=O) groups excluding carboxylic acids is 2. The fourth-order valence-corrected chi connectivity index (χ4v) is 4.47. The molecular weight excluding hydrogens is 432 g/mol. The van der Waals surface area contributed by atoms with Crippen LogP contribution in [0.15, 0.2) is 48.0 Å². The predicted octanol–water partition coefficient (Wildman–Crippen LogP) is 3.78. The predicted molar refractivity (Wildman–Crippen MR) is 130 cm³/mol. The molecular formula is C27H32N2O5. The number of fused-ring (bicyclic) bond motifs is 1. The van der Waals surface area contributed by atoms with E-state index in [2.05, 4.69) is 0 Å². The Kier molecular flexibility index (Phi) is 6.93. The second-order valence-corrected chi connectivity index (χ2v) is 9.27. The van der Waals surface area contributed by atoms with Gasteiger partial charge in [0.25, 0.3) is 11.7 Å². The van der Waals surface area contributed by atoms with Crippen molar-refractivity contribution in [2.45, 2.75) is 38.8 Å². The molecule has 2 heterocycles. The van der Waals surface area contributed by atoms with Gasteiger partial charge < -0.3 is 24.4 Å². The van der Waals surface area contributed by atoms with Crippen LogP contribution in [0.4, 0.5) is 0 Å². The van der Waals surface area contributed by atoms with E-state index in [9.17, 15) is 14.7 Å². The molecule has 4 rings (SSSR count). The number of likely N-dealkylation sites (N-methyl/N-ethyl adjacent to an activating group) is 1. The van der Waals surface area contributed by atoms with Gasteiger partial charge in [-0.15, -0.1) is 0 Å². The first-order valence-electron chi connectivity index (χ1n) is 11.7. The van der Waals surface area contributed by atoms with E-state index in [4.69, 9.17) is 9.47 Å². The molecule has 0 bridgehead atoms. The summed E-state index contributed by atoms with van der Waals surface area (Å²) in [5, 5.41) is 11.4. The van der Waals surface area contributed by atoms with Crippen LogP contribution < -0.4 is 9.47 Å². The number of rotatable bonds is 7. The van der Waals surface area contributed by atoms with E-state index in [0.29, 0.717) is 36.6 Å². The van der Waals surface area contributed by atoms with Crippen molar-refractivity contribution in [2.75, 3.05) is 33.8 Å². The highest BCUT2D eigenvalue weighted by Crippen LogP contribution is 2.43. The maximum atomic E-state index is 13.3. The molecule has 34 heavy (non-hydrogen) atoms. The molecule has 1 amide bonds. The molecule has 2 aliphatic heterocycles. The maximum Gasteiger partial charge on any atom is 0.295 e. The number of ether oxygens (including phenoxy) is 2. The molecule has 0 aromatic heterocycles. The van der Waals surface area contributed by atoms with Gasteiger partial charge in [-0.2, -0.15) is 0 Å². The molecule has 1 atom stereocenters. The molecule has 1 N–H and O–H groups in total. The minimum Gasteiger partial charge on any atom is -0.507 e. The lowest BCUT2D eigenvalue weighted by molar-refractivity contribution is -0.140. The number of ketones is 1. The number of para-hydroxylation sites is 1. The molecule has 180 valence electrons. The standard InChI is InChI=1S/C27H32N2O5/c1-17(2)34-22-10-6-5-9-20(22)24-23(26(31)27(32)29(24)14-13-28(3)4)25(30)19-11-12-21-18(16-19)8-7-15-33-21/h5-6,9-12,16-17,24,30H,7-8,13-15H2,1-4H3/b25-23+. The highest BCUT2D eigenvalue weighted by molar-refractivity contribution is 6.46. The van der Waals surface area contributed by atoms with Crippen LogP contribution in [-0.2, 0) is 16.0 Å². The number of benzene rings is 2. The van der Waals surface area contributed by atoms with E-state index in [1.165, 1.54) is 4.90 Å². The Bertz CT molecular complexity index is 1120. The normalized spacial score (nSPS) is 19.5. The Labute approximate surface area is 200 Å². The highest BCUT2D eigenvalue weighted by Gasteiger charge is 2.47. The third-order valence-corrected chi connectivity index (χ3v) is 6.09. The average molecular weight is 465 g/mol. The van der Waals surface area contributed by atoms with Crippen molar-refractivity contribution in [3.63, 3.8) is 0 Å². The monoisotopic (exact) mass is 464 g/mol. The molecule has 2 aromatic rings. The zero-order chi connectivity index (χ0) is 24.4. The molecule has 1 unspecified atom stereocenters. The topological polar surface area (TPSA) is 79.3 Å². The van der Waals surface area contributed by atoms with Crippen molar-refractivity contribution in [3.8, 4) is 11.5 Å². The number of hydrogen-bond acceptors (Lipinski definition) is 6. The highest BCUT2D eigenvalue weighted by atomic mass is 16.5. The van der Waals surface area contributed by atoms with Crippen molar-refractivity contribution >= 4 is 17.4 Å². The van der Waals surface area contributed by atoms with Crippen LogP contribution in [0.25, 0.3) is 5.76 Å². The Balaban J connectivity index is 1.86. The van der Waals surface area contributed by atoms with Crippen LogP contribution in [-0.4, -0.2) is 66.5 Å². The van der Waals surface area contributed by atoms with Gasteiger partial charge in [0.1, 0.15) is 17.3 Å². The number of Topliss-reactive ketones (excluding diaryl/α,β-unsaturated/α-hetero) is 1. The summed E-state index contributed by atoms with van der Waals surface area (Å²) in [6.45, 7) is 5.44. The number of carbonyl (C=O) groups is 2. The van der Waals surface area contributed by atoms with E-state index in [-0.39, 0.29) is 17.4 Å². The van der Waals surface area contributed by atoms with E-state index in [1.807, 2.05) is 69.2 Å². The molecule has 1 saturated heterocycles. The molecule has 1 fully saturated rings. The summed E-state index contributed by atoms with van der Waals surface area (Å²) in [7, 11) is 3.83. The largest absolute Gasteiger partial charge is 0.507 e. The van der Waals surface area contributed by atoms with E-state index in [0.717, 1.165) is 24.2 Å². The quantitative estimate of drug-likeness (QED) is 0.382. The summed E-state index contributed by atoms with van der Waals surface area (Å²) in [5.74, 6) is -0.0995. The second-order valence-electron chi connectivity index (χ2n) is 9.27. The van der Waals surface area contributed by atoms with Gasteiger partial charge in [-0.1, -0.05) is 18.2 Å². The van der Waals surface area contributed by atoms with Gasteiger partial charge in [0, 0.05) is 24.2 Å². The minimum atomic E-state index is -0.748. The lowest BCUT2D eigenvalue weighted by atomic mass is 9.93. The van der Waals surface area contributed by atoms with Crippen molar-refractivity contribution in [1.29, 1.82) is 0 Å². The Morgan fingerprint density at radius 1 is 1.21 bits per heavy atom. The number of aryl methyl sites for hydroxylation is 1. The van der Waals surface area contributed by atoms with Crippen LogP contribution in [0.3, 0.4) is 0 Å². The molecule has 7 heteroatoms. The fraction of sp³-hybridized carbons (Fsp3) is 0.407. The van der Waals surface area contributed by atoms with Crippen LogP contribution >= 0.6 is 0 Å². The second kappa shape index (κ2) is 9.89. The first kappa shape index (κ1) is 23.8. The molecule has 0 spiro atoms. The number of nitrogens with zero attached hydrogens (tertiary/aromatic N) is 2. The van der Waals surface area contributed by atoms with Gasteiger partial charge in [0.05, 0.1) is 24.3 Å². The van der Waals surface area contributed by atoms with Gasteiger partial charge >= 0.3 is 0 Å².